The van der Waals surface area contributed by atoms with Crippen LogP contribution >= 0.6 is 0 Å². The highest BCUT2D eigenvalue weighted by molar-refractivity contribution is 5.29. The number of aliphatic hydroxyl groups excluding tert-OH is 1. The van der Waals surface area contributed by atoms with Crippen LogP contribution in [-0.2, 0) is 6.18 Å². The molecule has 1 aliphatic carbocycles. The van der Waals surface area contributed by atoms with E-state index in [-0.39, 0.29) is 12.0 Å². The lowest BCUT2D eigenvalue weighted by molar-refractivity contribution is -0.137. The van der Waals surface area contributed by atoms with Crippen LogP contribution in [-0.4, -0.2) is 11.2 Å². The molecule has 1 aromatic carbocycles. The van der Waals surface area contributed by atoms with E-state index in [4.69, 9.17) is 5.11 Å². The fraction of sp³-hybridized carbons (Fsp3) is 0.455. The first-order valence-electron chi connectivity index (χ1n) is 4.82. The molecule has 0 bridgehead atoms. The molecule has 0 atom stereocenters. The van der Waals surface area contributed by atoms with Gasteiger partial charge >= 0.3 is 6.18 Å². The highest BCUT2D eigenvalue weighted by Crippen LogP contribution is 2.39. The van der Waals surface area contributed by atoms with Crippen LogP contribution in [0.15, 0.2) is 24.3 Å². The second kappa shape index (κ2) is 3.52. The quantitative estimate of drug-likeness (QED) is 0.765. The molecule has 4 heteroatoms. The minimum Gasteiger partial charge on any atom is -0.393 e. The largest absolute Gasteiger partial charge is 0.416 e. The van der Waals surface area contributed by atoms with Crippen molar-refractivity contribution >= 4 is 0 Å². The van der Waals surface area contributed by atoms with Crippen LogP contribution in [0.25, 0.3) is 0 Å². The molecule has 1 nitrogen and oxygen atoms in total. The lowest BCUT2D eigenvalue weighted by Crippen LogP contribution is -2.26. The third-order valence-corrected chi connectivity index (χ3v) is 2.80. The van der Waals surface area contributed by atoms with Crippen LogP contribution in [0.4, 0.5) is 13.2 Å². The molecule has 0 saturated heterocycles. The van der Waals surface area contributed by atoms with Crippen molar-refractivity contribution in [3.05, 3.63) is 35.4 Å². The predicted molar refractivity (Wildman–Crippen MR) is 49.4 cm³/mol. The van der Waals surface area contributed by atoms with Gasteiger partial charge in [-0.3, -0.25) is 0 Å². The maximum Gasteiger partial charge on any atom is 0.416 e. The number of hydrogen-bond donors (Lipinski definition) is 1. The van der Waals surface area contributed by atoms with E-state index >= 15 is 0 Å². The standard InChI is InChI=1S/C11H11F3O/c12-11(13,14)9-3-1-2-7(4-9)8-5-10(15)6-8/h1-4,8,10,15H,5-6H2/t8-,10-. The zero-order valence-corrected chi connectivity index (χ0v) is 7.96. The molecule has 1 aliphatic rings. The Hall–Kier alpha value is -1.03. The van der Waals surface area contributed by atoms with Crippen molar-refractivity contribution in [2.45, 2.75) is 31.0 Å². The lowest BCUT2D eigenvalue weighted by Gasteiger charge is -2.32. The molecule has 0 heterocycles. The van der Waals surface area contributed by atoms with E-state index in [2.05, 4.69) is 0 Å². The van der Waals surface area contributed by atoms with Gasteiger partial charge in [0.15, 0.2) is 0 Å². The zero-order valence-electron chi connectivity index (χ0n) is 7.96. The fourth-order valence-electron chi connectivity index (χ4n) is 1.83. The molecule has 0 radical (unpaired) electrons. The van der Waals surface area contributed by atoms with Crippen LogP contribution in [0.1, 0.15) is 29.9 Å². The third kappa shape index (κ3) is 2.15. The Morgan fingerprint density at radius 1 is 1.20 bits per heavy atom. The summed E-state index contributed by atoms with van der Waals surface area (Å²) >= 11 is 0. The van der Waals surface area contributed by atoms with Gasteiger partial charge in [-0.2, -0.15) is 13.2 Å². The second-order valence-corrected chi connectivity index (χ2v) is 3.95. The predicted octanol–water partition coefficient (Wildman–Crippen LogP) is 2.94. The summed E-state index contributed by atoms with van der Waals surface area (Å²) in [7, 11) is 0. The van der Waals surface area contributed by atoms with Crippen LogP contribution < -0.4 is 0 Å². The third-order valence-electron chi connectivity index (χ3n) is 2.80. The van der Waals surface area contributed by atoms with Crippen molar-refractivity contribution in [2.24, 2.45) is 0 Å². The number of halogens is 3. The number of aliphatic hydroxyl groups is 1. The minimum atomic E-state index is -4.28. The van der Waals surface area contributed by atoms with E-state index in [1.54, 1.807) is 6.07 Å². The molecule has 82 valence electrons. The molecule has 0 aromatic heterocycles. The van der Waals surface area contributed by atoms with E-state index in [1.807, 2.05) is 0 Å². The molecule has 2 rings (SSSR count). The number of hydrogen-bond acceptors (Lipinski definition) is 1. The number of benzene rings is 1. The SMILES string of the molecule is O[C@H]1C[C@H](c2cccc(C(F)(F)F)c2)C1. The van der Waals surface area contributed by atoms with E-state index in [0.29, 0.717) is 18.4 Å². The monoisotopic (exact) mass is 216 g/mol. The van der Waals surface area contributed by atoms with Crippen molar-refractivity contribution in [1.29, 1.82) is 0 Å². The first-order valence-corrected chi connectivity index (χ1v) is 4.82. The van der Waals surface area contributed by atoms with E-state index in [1.165, 1.54) is 12.1 Å². The van der Waals surface area contributed by atoms with Gasteiger partial charge in [0.05, 0.1) is 11.7 Å². The molecule has 0 spiro atoms. The summed E-state index contributed by atoms with van der Waals surface area (Å²) in [6, 6.07) is 5.35. The summed E-state index contributed by atoms with van der Waals surface area (Å²) in [4.78, 5) is 0. The van der Waals surface area contributed by atoms with Crippen LogP contribution in [0, 0.1) is 0 Å². The molecule has 1 N–H and O–H groups in total. The van der Waals surface area contributed by atoms with Gasteiger partial charge in [-0.15, -0.1) is 0 Å². The van der Waals surface area contributed by atoms with Crippen LogP contribution in [0.2, 0.25) is 0 Å². The van der Waals surface area contributed by atoms with Crippen molar-refractivity contribution in [3.63, 3.8) is 0 Å². The number of alkyl halides is 3. The van der Waals surface area contributed by atoms with E-state index in [0.717, 1.165) is 6.07 Å². The van der Waals surface area contributed by atoms with Gasteiger partial charge in [-0.25, -0.2) is 0 Å². The number of rotatable bonds is 1. The fourth-order valence-corrected chi connectivity index (χ4v) is 1.83. The Morgan fingerprint density at radius 3 is 2.40 bits per heavy atom. The maximum atomic E-state index is 12.4. The first-order chi connectivity index (χ1) is 6.97. The normalized spacial score (nSPS) is 26.1. The van der Waals surface area contributed by atoms with Crippen LogP contribution in [0.5, 0.6) is 0 Å². The Labute approximate surface area is 85.5 Å². The zero-order chi connectivity index (χ0) is 11.1. The molecule has 1 saturated carbocycles. The van der Waals surface area contributed by atoms with Crippen molar-refractivity contribution in [2.75, 3.05) is 0 Å². The first kappa shape index (κ1) is 10.5. The van der Waals surface area contributed by atoms with E-state index < -0.39 is 11.7 Å². The van der Waals surface area contributed by atoms with Crippen molar-refractivity contribution < 1.29 is 18.3 Å². The lowest BCUT2D eigenvalue weighted by atomic mass is 9.77. The van der Waals surface area contributed by atoms with Gasteiger partial charge in [0.2, 0.25) is 0 Å². The van der Waals surface area contributed by atoms with Gasteiger partial charge in [-0.05, 0) is 30.4 Å². The average Bonchev–Trinajstić information content (AvgIpc) is 2.12. The van der Waals surface area contributed by atoms with Gasteiger partial charge in [0, 0.05) is 0 Å². The molecular weight excluding hydrogens is 205 g/mol. The summed E-state index contributed by atoms with van der Waals surface area (Å²) in [5.74, 6) is 0.0855. The highest BCUT2D eigenvalue weighted by atomic mass is 19.4. The van der Waals surface area contributed by atoms with Crippen molar-refractivity contribution in [3.8, 4) is 0 Å². The topological polar surface area (TPSA) is 20.2 Å². The summed E-state index contributed by atoms with van der Waals surface area (Å²) in [5, 5.41) is 9.09. The molecule has 1 fully saturated rings. The van der Waals surface area contributed by atoms with Gasteiger partial charge in [-0.1, -0.05) is 18.2 Å². The maximum absolute atomic E-state index is 12.4. The summed E-state index contributed by atoms with van der Waals surface area (Å²) in [5.41, 5.74) is 0.0662. The molecule has 0 unspecified atom stereocenters. The van der Waals surface area contributed by atoms with E-state index in [9.17, 15) is 13.2 Å². The highest BCUT2D eigenvalue weighted by Gasteiger charge is 2.33. The van der Waals surface area contributed by atoms with Crippen molar-refractivity contribution in [1.82, 2.24) is 0 Å². The average molecular weight is 216 g/mol. The van der Waals surface area contributed by atoms with Gasteiger partial charge in [0.25, 0.3) is 0 Å². The Kier molecular flexibility index (Phi) is 2.46. The molecule has 1 aromatic rings. The minimum absolute atomic E-state index is 0.0855. The summed E-state index contributed by atoms with van der Waals surface area (Å²) in [6.07, 6.45) is -3.48. The molecule has 0 amide bonds. The van der Waals surface area contributed by atoms with Gasteiger partial charge in [0.1, 0.15) is 0 Å². The Balaban J connectivity index is 2.20. The summed E-state index contributed by atoms with van der Waals surface area (Å²) < 4.78 is 37.1. The van der Waals surface area contributed by atoms with Crippen LogP contribution in [0.3, 0.4) is 0 Å². The second-order valence-electron chi connectivity index (χ2n) is 3.95. The Morgan fingerprint density at radius 2 is 1.87 bits per heavy atom. The Bertz CT molecular complexity index is 353. The smallest absolute Gasteiger partial charge is 0.393 e. The van der Waals surface area contributed by atoms with Gasteiger partial charge < -0.3 is 5.11 Å². The molecule has 0 aliphatic heterocycles. The molecule has 15 heavy (non-hydrogen) atoms. The molecular formula is C11H11F3O. The summed E-state index contributed by atoms with van der Waals surface area (Å²) in [6.45, 7) is 0.